The number of hydrogen-bond acceptors (Lipinski definition) is 5. The van der Waals surface area contributed by atoms with Gasteiger partial charge in [-0.25, -0.2) is 9.97 Å². The molecule has 1 aliphatic carbocycles. The van der Waals surface area contributed by atoms with Crippen LogP contribution in [0.15, 0.2) is 6.07 Å². The molecule has 1 aromatic rings. The summed E-state index contributed by atoms with van der Waals surface area (Å²) in [7, 11) is 0. The topological polar surface area (TPSA) is 75.9 Å². The van der Waals surface area contributed by atoms with Crippen molar-refractivity contribution in [1.82, 2.24) is 9.97 Å². The van der Waals surface area contributed by atoms with Gasteiger partial charge in [-0.2, -0.15) is 0 Å². The highest BCUT2D eigenvalue weighted by Gasteiger charge is 2.17. The van der Waals surface area contributed by atoms with Crippen molar-refractivity contribution in [3.8, 4) is 0 Å². The van der Waals surface area contributed by atoms with E-state index in [1.54, 1.807) is 0 Å². The standard InChI is InChI=1S/C12H21N5/c1-8(7-13)14-11-6-12(16-9(2)15-11)17-10-4-3-5-10/h6,8,10H,3-5,7,13H2,1-2H3,(H2,14,15,16,17). The molecule has 0 spiro atoms. The lowest BCUT2D eigenvalue weighted by molar-refractivity contribution is 0.444. The van der Waals surface area contributed by atoms with E-state index in [9.17, 15) is 0 Å². The quantitative estimate of drug-likeness (QED) is 0.721. The van der Waals surface area contributed by atoms with Gasteiger partial charge < -0.3 is 16.4 Å². The molecule has 0 aromatic carbocycles. The predicted octanol–water partition coefficient (Wildman–Crippen LogP) is 1.51. The number of aromatic nitrogens is 2. The number of rotatable bonds is 5. The number of nitrogens with zero attached hydrogens (tertiary/aromatic N) is 2. The molecule has 94 valence electrons. The SMILES string of the molecule is Cc1nc(NC(C)CN)cc(NC2CCC2)n1. The highest BCUT2D eigenvalue weighted by Crippen LogP contribution is 2.23. The molecule has 1 aliphatic rings. The Kier molecular flexibility index (Phi) is 3.78. The van der Waals surface area contributed by atoms with Crippen molar-refractivity contribution in [2.75, 3.05) is 17.2 Å². The molecule has 1 saturated carbocycles. The van der Waals surface area contributed by atoms with E-state index < -0.39 is 0 Å². The molecule has 1 aromatic heterocycles. The van der Waals surface area contributed by atoms with Gasteiger partial charge in [-0.05, 0) is 33.1 Å². The normalized spacial score (nSPS) is 17.4. The third kappa shape index (κ3) is 3.30. The first-order valence-electron chi connectivity index (χ1n) is 6.26. The Labute approximate surface area is 102 Å². The van der Waals surface area contributed by atoms with Gasteiger partial charge in [0.25, 0.3) is 0 Å². The Morgan fingerprint density at radius 2 is 2.12 bits per heavy atom. The van der Waals surface area contributed by atoms with E-state index in [2.05, 4.69) is 20.6 Å². The van der Waals surface area contributed by atoms with E-state index in [0.717, 1.165) is 17.5 Å². The highest BCUT2D eigenvalue weighted by molar-refractivity contribution is 5.48. The first-order valence-corrected chi connectivity index (χ1v) is 6.26. The molecule has 1 unspecified atom stereocenters. The smallest absolute Gasteiger partial charge is 0.132 e. The van der Waals surface area contributed by atoms with Crippen molar-refractivity contribution in [2.24, 2.45) is 5.73 Å². The number of anilines is 2. The average Bonchev–Trinajstić information content (AvgIpc) is 2.22. The first kappa shape index (κ1) is 12.1. The summed E-state index contributed by atoms with van der Waals surface area (Å²) >= 11 is 0. The van der Waals surface area contributed by atoms with E-state index in [0.29, 0.717) is 12.6 Å². The number of hydrogen-bond donors (Lipinski definition) is 3. The largest absolute Gasteiger partial charge is 0.367 e. The van der Waals surface area contributed by atoms with Crippen LogP contribution < -0.4 is 16.4 Å². The van der Waals surface area contributed by atoms with E-state index >= 15 is 0 Å². The van der Waals surface area contributed by atoms with Gasteiger partial charge in [-0.1, -0.05) is 0 Å². The van der Waals surface area contributed by atoms with Crippen LogP contribution in [0.2, 0.25) is 0 Å². The Morgan fingerprint density at radius 1 is 1.41 bits per heavy atom. The summed E-state index contributed by atoms with van der Waals surface area (Å²) in [6, 6.07) is 2.77. The fraction of sp³-hybridized carbons (Fsp3) is 0.667. The lowest BCUT2D eigenvalue weighted by Gasteiger charge is -2.27. The molecule has 1 heterocycles. The molecule has 0 bridgehead atoms. The van der Waals surface area contributed by atoms with E-state index in [4.69, 9.17) is 5.73 Å². The Morgan fingerprint density at radius 3 is 2.71 bits per heavy atom. The maximum Gasteiger partial charge on any atom is 0.132 e. The van der Waals surface area contributed by atoms with Crippen LogP contribution in [0.25, 0.3) is 0 Å². The molecule has 5 heteroatoms. The zero-order chi connectivity index (χ0) is 12.3. The van der Waals surface area contributed by atoms with Crippen LogP contribution in [0.5, 0.6) is 0 Å². The molecule has 0 amide bonds. The summed E-state index contributed by atoms with van der Waals surface area (Å²) < 4.78 is 0. The second-order valence-corrected chi connectivity index (χ2v) is 4.74. The monoisotopic (exact) mass is 235 g/mol. The fourth-order valence-corrected chi connectivity index (χ4v) is 1.79. The summed E-state index contributed by atoms with van der Waals surface area (Å²) in [5, 5.41) is 6.69. The van der Waals surface area contributed by atoms with E-state index in [1.807, 2.05) is 19.9 Å². The molecule has 0 saturated heterocycles. The van der Waals surface area contributed by atoms with Crippen LogP contribution in [0.3, 0.4) is 0 Å². The average molecular weight is 235 g/mol. The van der Waals surface area contributed by atoms with Crippen molar-refractivity contribution in [3.05, 3.63) is 11.9 Å². The van der Waals surface area contributed by atoms with Crippen LogP contribution in [-0.4, -0.2) is 28.6 Å². The van der Waals surface area contributed by atoms with Crippen LogP contribution in [-0.2, 0) is 0 Å². The van der Waals surface area contributed by atoms with Gasteiger partial charge in [0.2, 0.25) is 0 Å². The minimum Gasteiger partial charge on any atom is -0.367 e. The van der Waals surface area contributed by atoms with Crippen LogP contribution in [0.4, 0.5) is 11.6 Å². The van der Waals surface area contributed by atoms with Crippen molar-refractivity contribution in [3.63, 3.8) is 0 Å². The van der Waals surface area contributed by atoms with Gasteiger partial charge >= 0.3 is 0 Å². The summed E-state index contributed by atoms with van der Waals surface area (Å²) in [6.07, 6.45) is 3.80. The van der Waals surface area contributed by atoms with Gasteiger partial charge in [-0.3, -0.25) is 0 Å². The zero-order valence-electron chi connectivity index (χ0n) is 10.5. The predicted molar refractivity (Wildman–Crippen MR) is 70.2 cm³/mol. The molecule has 4 N–H and O–H groups in total. The van der Waals surface area contributed by atoms with Crippen molar-refractivity contribution < 1.29 is 0 Å². The van der Waals surface area contributed by atoms with Gasteiger partial charge in [-0.15, -0.1) is 0 Å². The molecule has 0 aliphatic heterocycles. The van der Waals surface area contributed by atoms with Crippen molar-refractivity contribution >= 4 is 11.6 Å². The Bertz CT molecular complexity index is 350. The summed E-state index contributed by atoms with van der Waals surface area (Å²) in [6.45, 7) is 4.54. The van der Waals surface area contributed by atoms with Gasteiger partial charge in [0.15, 0.2) is 0 Å². The van der Waals surface area contributed by atoms with E-state index in [1.165, 1.54) is 19.3 Å². The van der Waals surface area contributed by atoms with E-state index in [-0.39, 0.29) is 6.04 Å². The van der Waals surface area contributed by atoms with Crippen LogP contribution in [0.1, 0.15) is 32.0 Å². The van der Waals surface area contributed by atoms with Crippen molar-refractivity contribution in [1.29, 1.82) is 0 Å². The number of nitrogens with two attached hydrogens (primary N) is 1. The fourth-order valence-electron chi connectivity index (χ4n) is 1.79. The minimum atomic E-state index is 0.223. The second-order valence-electron chi connectivity index (χ2n) is 4.74. The maximum absolute atomic E-state index is 5.59. The summed E-state index contributed by atoms with van der Waals surface area (Å²) in [5.41, 5.74) is 5.59. The molecular weight excluding hydrogens is 214 g/mol. The molecule has 2 rings (SSSR count). The van der Waals surface area contributed by atoms with Crippen LogP contribution in [0, 0.1) is 6.92 Å². The third-order valence-corrected chi connectivity index (χ3v) is 3.04. The molecular formula is C12H21N5. The first-order chi connectivity index (χ1) is 8.17. The Hall–Kier alpha value is -1.36. The Balaban J connectivity index is 2.05. The molecule has 5 nitrogen and oxygen atoms in total. The zero-order valence-corrected chi connectivity index (χ0v) is 10.5. The lowest BCUT2D eigenvalue weighted by Crippen LogP contribution is -2.28. The molecule has 1 atom stereocenters. The molecule has 0 radical (unpaired) electrons. The summed E-state index contributed by atoms with van der Waals surface area (Å²) in [4.78, 5) is 8.75. The number of aryl methyl sites for hydroxylation is 1. The lowest BCUT2D eigenvalue weighted by atomic mass is 9.93. The maximum atomic E-state index is 5.59. The van der Waals surface area contributed by atoms with Crippen LogP contribution >= 0.6 is 0 Å². The van der Waals surface area contributed by atoms with Crippen molar-refractivity contribution in [2.45, 2.75) is 45.2 Å². The molecule has 1 fully saturated rings. The highest BCUT2D eigenvalue weighted by atomic mass is 15.1. The number of nitrogens with one attached hydrogen (secondary N) is 2. The van der Waals surface area contributed by atoms with Gasteiger partial charge in [0.1, 0.15) is 17.5 Å². The van der Waals surface area contributed by atoms with Gasteiger partial charge in [0.05, 0.1) is 0 Å². The third-order valence-electron chi connectivity index (χ3n) is 3.04. The van der Waals surface area contributed by atoms with Gasteiger partial charge in [0, 0.05) is 24.7 Å². The minimum absolute atomic E-state index is 0.223. The summed E-state index contributed by atoms with van der Waals surface area (Å²) in [5.74, 6) is 2.53. The second kappa shape index (κ2) is 5.31. The molecule has 17 heavy (non-hydrogen) atoms.